The van der Waals surface area contributed by atoms with Crippen LogP contribution in [0.1, 0.15) is 58.2 Å². The van der Waals surface area contributed by atoms with Gasteiger partial charge in [0.2, 0.25) is 0 Å². The summed E-state index contributed by atoms with van der Waals surface area (Å²) in [6, 6.07) is 13.0. The fraction of sp³-hybridized carbons (Fsp3) is 0.240. The summed E-state index contributed by atoms with van der Waals surface area (Å²) < 4.78 is 12.2. The van der Waals surface area contributed by atoms with Gasteiger partial charge in [-0.3, -0.25) is 9.78 Å². The number of imidazole rings is 1. The van der Waals surface area contributed by atoms with E-state index in [4.69, 9.17) is 8.83 Å². The molecule has 1 aliphatic heterocycles. The summed E-state index contributed by atoms with van der Waals surface area (Å²) in [5.41, 5.74) is 4.33. The smallest absolute Gasteiger partial charge is 0.312 e. The van der Waals surface area contributed by atoms with Gasteiger partial charge in [-0.05, 0) is 37.0 Å². The van der Waals surface area contributed by atoms with Crippen LogP contribution in [0.3, 0.4) is 0 Å². The number of benzene rings is 1. The number of nitrogens with zero attached hydrogens (tertiary/aromatic N) is 5. The maximum absolute atomic E-state index is 13.7. The van der Waals surface area contributed by atoms with E-state index < -0.39 is 6.04 Å². The van der Waals surface area contributed by atoms with Crippen molar-refractivity contribution in [1.82, 2.24) is 30.0 Å². The minimum atomic E-state index is -0.476. The molecule has 1 atom stereocenters. The average molecular weight is 452 g/mol. The topological polar surface area (TPSA) is 114 Å². The molecule has 9 heteroatoms. The molecule has 0 unspecified atom stereocenters. The zero-order valence-electron chi connectivity index (χ0n) is 18.1. The van der Waals surface area contributed by atoms with Crippen LogP contribution >= 0.6 is 0 Å². The number of furan rings is 1. The molecule has 1 saturated carbocycles. The van der Waals surface area contributed by atoms with E-state index in [0.29, 0.717) is 24.6 Å². The van der Waals surface area contributed by atoms with E-state index in [1.807, 2.05) is 24.3 Å². The minimum Gasteiger partial charge on any atom is -0.458 e. The van der Waals surface area contributed by atoms with Crippen LogP contribution in [0.5, 0.6) is 0 Å². The average Bonchev–Trinajstić information content (AvgIpc) is 3.27. The van der Waals surface area contributed by atoms with Gasteiger partial charge in [0.1, 0.15) is 23.1 Å². The lowest BCUT2D eigenvalue weighted by molar-refractivity contribution is 0.0631. The molecule has 1 fully saturated rings. The molecule has 1 aliphatic carbocycles. The molecule has 4 aromatic heterocycles. The van der Waals surface area contributed by atoms with Crippen molar-refractivity contribution in [2.24, 2.45) is 0 Å². The number of aromatic amines is 1. The van der Waals surface area contributed by atoms with Gasteiger partial charge < -0.3 is 18.7 Å². The maximum atomic E-state index is 13.7. The van der Waals surface area contributed by atoms with Crippen LogP contribution < -0.4 is 0 Å². The molecular weight excluding hydrogens is 432 g/mol. The summed E-state index contributed by atoms with van der Waals surface area (Å²) in [4.78, 5) is 27.5. The van der Waals surface area contributed by atoms with E-state index in [-0.39, 0.29) is 17.7 Å². The number of aromatic nitrogens is 5. The van der Waals surface area contributed by atoms with Crippen molar-refractivity contribution < 1.29 is 13.6 Å². The highest BCUT2D eigenvalue weighted by atomic mass is 16.4. The molecule has 0 bridgehead atoms. The van der Waals surface area contributed by atoms with Crippen LogP contribution in [-0.4, -0.2) is 42.5 Å². The van der Waals surface area contributed by atoms with Gasteiger partial charge in [-0.2, -0.15) is 0 Å². The van der Waals surface area contributed by atoms with Gasteiger partial charge in [0.15, 0.2) is 0 Å². The molecule has 0 radical (unpaired) electrons. The predicted molar refractivity (Wildman–Crippen MR) is 121 cm³/mol. The molecule has 2 aliphatic rings. The third kappa shape index (κ3) is 2.97. The Morgan fingerprint density at radius 3 is 2.76 bits per heavy atom. The van der Waals surface area contributed by atoms with Crippen molar-refractivity contribution in [3.8, 4) is 11.6 Å². The summed E-state index contributed by atoms with van der Waals surface area (Å²) in [6.07, 6.45) is 6.19. The van der Waals surface area contributed by atoms with E-state index >= 15 is 0 Å². The normalized spacial score (nSPS) is 17.8. The molecule has 7 rings (SSSR count). The number of carbonyl (C=O) groups is 1. The molecular formula is C25H20N6O3. The van der Waals surface area contributed by atoms with Crippen molar-refractivity contribution in [3.63, 3.8) is 0 Å². The number of H-pyrrole nitrogens is 1. The van der Waals surface area contributed by atoms with E-state index in [1.165, 1.54) is 5.56 Å². The van der Waals surface area contributed by atoms with Gasteiger partial charge in [0, 0.05) is 35.8 Å². The first-order chi connectivity index (χ1) is 16.8. The monoisotopic (exact) mass is 452 g/mol. The zero-order chi connectivity index (χ0) is 22.6. The molecule has 5 heterocycles. The van der Waals surface area contributed by atoms with Crippen LogP contribution in [-0.2, 0) is 6.42 Å². The number of hydrogen-bond acceptors (Lipinski definition) is 7. The summed E-state index contributed by atoms with van der Waals surface area (Å²) in [5, 5.41) is 9.20. The fourth-order valence-electron chi connectivity index (χ4n) is 4.87. The van der Waals surface area contributed by atoms with Crippen LogP contribution in [0, 0.1) is 0 Å². The molecule has 1 aromatic carbocycles. The molecule has 0 saturated heterocycles. The number of nitrogens with one attached hydrogen (secondary N) is 1. The van der Waals surface area contributed by atoms with Crippen molar-refractivity contribution in [1.29, 1.82) is 0 Å². The van der Waals surface area contributed by atoms with Crippen LogP contribution in [0.2, 0.25) is 0 Å². The second kappa shape index (κ2) is 7.38. The highest BCUT2D eigenvalue weighted by Crippen LogP contribution is 2.50. The number of hydrogen-bond donors (Lipinski definition) is 1. The summed E-state index contributed by atoms with van der Waals surface area (Å²) in [5.74, 6) is 0.985. The Bertz CT molecular complexity index is 1510. The van der Waals surface area contributed by atoms with Gasteiger partial charge in [-0.25, -0.2) is 4.98 Å². The van der Waals surface area contributed by atoms with Crippen molar-refractivity contribution in [2.75, 3.05) is 6.54 Å². The summed E-state index contributed by atoms with van der Waals surface area (Å²) in [6.45, 7) is 0.473. The van der Waals surface area contributed by atoms with Crippen molar-refractivity contribution in [3.05, 3.63) is 83.6 Å². The minimum absolute atomic E-state index is 0.0753. The van der Waals surface area contributed by atoms with Crippen molar-refractivity contribution in [2.45, 2.75) is 31.2 Å². The number of pyridine rings is 1. The number of para-hydroxylation sites is 1. The molecule has 1 amide bonds. The fourth-order valence-corrected chi connectivity index (χ4v) is 4.87. The molecule has 34 heavy (non-hydrogen) atoms. The zero-order valence-corrected chi connectivity index (χ0v) is 18.1. The van der Waals surface area contributed by atoms with E-state index in [0.717, 1.165) is 41.0 Å². The first kappa shape index (κ1) is 19.2. The van der Waals surface area contributed by atoms with E-state index in [2.05, 4.69) is 31.2 Å². The maximum Gasteiger partial charge on any atom is 0.312 e. The second-order valence-electron chi connectivity index (χ2n) is 8.70. The Hall–Kier alpha value is -4.27. The third-order valence-corrected chi connectivity index (χ3v) is 6.57. The Kier molecular flexibility index (Phi) is 4.17. The van der Waals surface area contributed by atoms with E-state index in [9.17, 15) is 4.79 Å². The van der Waals surface area contributed by atoms with Crippen LogP contribution in [0.25, 0.3) is 22.6 Å². The lowest BCUT2D eigenvalue weighted by Gasteiger charge is -2.33. The summed E-state index contributed by atoms with van der Waals surface area (Å²) in [7, 11) is 0. The Balaban J connectivity index is 1.34. The van der Waals surface area contributed by atoms with Gasteiger partial charge >= 0.3 is 11.8 Å². The lowest BCUT2D eigenvalue weighted by atomic mass is 9.95. The predicted octanol–water partition coefficient (Wildman–Crippen LogP) is 4.27. The number of rotatable bonds is 4. The molecule has 5 aromatic rings. The first-order valence-electron chi connectivity index (χ1n) is 11.4. The second-order valence-corrected chi connectivity index (χ2v) is 8.70. The quantitative estimate of drug-likeness (QED) is 0.433. The number of fused-ring (bicyclic) bond motifs is 2. The van der Waals surface area contributed by atoms with Gasteiger partial charge in [0.05, 0.1) is 12.0 Å². The van der Waals surface area contributed by atoms with Crippen molar-refractivity contribution >= 4 is 16.9 Å². The molecule has 9 nitrogen and oxygen atoms in total. The van der Waals surface area contributed by atoms with Gasteiger partial charge in [-0.1, -0.05) is 24.3 Å². The van der Waals surface area contributed by atoms with Crippen LogP contribution in [0.4, 0.5) is 0 Å². The Morgan fingerprint density at radius 2 is 1.91 bits per heavy atom. The largest absolute Gasteiger partial charge is 0.458 e. The van der Waals surface area contributed by atoms with Crippen LogP contribution in [0.15, 0.2) is 63.8 Å². The van der Waals surface area contributed by atoms with Gasteiger partial charge in [0.25, 0.3) is 5.89 Å². The highest BCUT2D eigenvalue weighted by molar-refractivity contribution is 5.91. The number of amides is 1. The SMILES string of the molecule is O=C(c1nnc(-c2ccccn2)o1)N1CCc2[nH]cnc2[C@H]1c1oc2ccccc2c1C1CC1. The Morgan fingerprint density at radius 1 is 1.03 bits per heavy atom. The van der Waals surface area contributed by atoms with Gasteiger partial charge in [-0.15, -0.1) is 10.2 Å². The number of carbonyl (C=O) groups excluding carboxylic acids is 1. The highest BCUT2D eigenvalue weighted by Gasteiger charge is 2.42. The summed E-state index contributed by atoms with van der Waals surface area (Å²) >= 11 is 0. The third-order valence-electron chi connectivity index (χ3n) is 6.57. The first-order valence-corrected chi connectivity index (χ1v) is 11.4. The molecule has 168 valence electrons. The lowest BCUT2D eigenvalue weighted by Crippen LogP contribution is -2.41. The standard InChI is InChI=1S/C25H20N6O3/c32-25(24-30-29-23(34-24)17-6-3-4-11-26-17)31-12-10-16-20(28-13-27-16)21(31)22-19(14-8-9-14)15-5-1-2-7-18(15)33-22/h1-7,11,13-14,21H,8-10,12H2,(H,27,28)/t21-/m0/s1. The molecule has 0 spiro atoms. The van der Waals surface area contributed by atoms with E-state index in [1.54, 1.807) is 29.6 Å². The molecule has 1 N–H and O–H groups in total. The Labute approximate surface area is 193 Å².